The molecule has 2 heterocycles. The van der Waals surface area contributed by atoms with Gasteiger partial charge in [0, 0.05) is 25.5 Å². The first kappa shape index (κ1) is 13.3. The van der Waals surface area contributed by atoms with Crippen LogP contribution in [0.1, 0.15) is 5.69 Å². The van der Waals surface area contributed by atoms with Crippen LogP contribution in [0.25, 0.3) is 5.69 Å². The number of aliphatic carboxylic acids is 1. The lowest BCUT2D eigenvalue weighted by Crippen LogP contribution is -2.13. The van der Waals surface area contributed by atoms with Crippen molar-refractivity contribution < 1.29 is 9.90 Å². The second kappa shape index (κ2) is 5.27. The van der Waals surface area contributed by atoms with E-state index < -0.39 is 11.5 Å². The highest BCUT2D eigenvalue weighted by Crippen LogP contribution is 2.20. The van der Waals surface area contributed by atoms with Crippen molar-refractivity contribution in [3.8, 4) is 5.69 Å². The van der Waals surface area contributed by atoms with Gasteiger partial charge in [-0.25, -0.2) is 0 Å². The lowest BCUT2D eigenvalue weighted by Gasteiger charge is -2.09. The van der Waals surface area contributed by atoms with Crippen LogP contribution >= 0.6 is 11.8 Å². The van der Waals surface area contributed by atoms with Crippen molar-refractivity contribution in [3.63, 3.8) is 0 Å². The van der Waals surface area contributed by atoms with Gasteiger partial charge in [0.25, 0.3) is 5.56 Å². The summed E-state index contributed by atoms with van der Waals surface area (Å²) in [6, 6.07) is 1.33. The highest BCUT2D eigenvalue weighted by molar-refractivity contribution is 7.99. The molecule has 0 aliphatic heterocycles. The molecule has 2 aromatic heterocycles. The van der Waals surface area contributed by atoms with Crippen molar-refractivity contribution in [2.24, 2.45) is 7.05 Å². The predicted molar refractivity (Wildman–Crippen MR) is 69.7 cm³/mol. The maximum Gasteiger partial charge on any atom is 0.313 e. The van der Waals surface area contributed by atoms with Crippen LogP contribution in [0.5, 0.6) is 0 Å². The van der Waals surface area contributed by atoms with Crippen molar-refractivity contribution in [2.75, 3.05) is 5.75 Å². The minimum atomic E-state index is -0.961. The van der Waals surface area contributed by atoms with Crippen molar-refractivity contribution in [1.82, 2.24) is 19.3 Å². The highest BCUT2D eigenvalue weighted by atomic mass is 32.2. The predicted octanol–water partition coefficient (Wildman–Crippen LogP) is 0.451. The molecule has 8 heteroatoms. The zero-order valence-electron chi connectivity index (χ0n) is 10.4. The third kappa shape index (κ3) is 3.02. The molecule has 2 rings (SSSR count). The first-order chi connectivity index (χ1) is 8.97. The summed E-state index contributed by atoms with van der Waals surface area (Å²) < 4.78 is 3.31. The van der Waals surface area contributed by atoms with E-state index in [1.807, 2.05) is 6.92 Å². The molecule has 19 heavy (non-hydrogen) atoms. The molecule has 0 aromatic carbocycles. The molecule has 1 N–H and O–H groups in total. The topological polar surface area (TPSA) is 90.0 Å². The SMILES string of the molecule is Cc1nn(C)cc1-n1ccc(=O)nc1SCC(=O)O. The molecule has 2 aromatic rings. The van der Waals surface area contributed by atoms with E-state index in [1.165, 1.54) is 6.07 Å². The van der Waals surface area contributed by atoms with E-state index in [0.717, 1.165) is 23.1 Å². The zero-order valence-corrected chi connectivity index (χ0v) is 11.2. The van der Waals surface area contributed by atoms with Crippen LogP contribution in [-0.2, 0) is 11.8 Å². The lowest BCUT2D eigenvalue weighted by atomic mass is 10.4. The van der Waals surface area contributed by atoms with Crippen LogP contribution in [0.4, 0.5) is 0 Å². The van der Waals surface area contributed by atoms with Gasteiger partial charge in [0.05, 0.1) is 17.1 Å². The van der Waals surface area contributed by atoms with Crippen LogP contribution in [0.3, 0.4) is 0 Å². The van der Waals surface area contributed by atoms with E-state index in [4.69, 9.17) is 5.11 Å². The normalized spacial score (nSPS) is 10.6. The van der Waals surface area contributed by atoms with Gasteiger partial charge < -0.3 is 5.11 Å². The molecule has 0 saturated carbocycles. The molecule has 7 nitrogen and oxygen atoms in total. The summed E-state index contributed by atoms with van der Waals surface area (Å²) >= 11 is 0.997. The lowest BCUT2D eigenvalue weighted by molar-refractivity contribution is -0.133. The number of aryl methyl sites for hydroxylation is 2. The number of carbonyl (C=O) groups is 1. The van der Waals surface area contributed by atoms with Crippen molar-refractivity contribution in [3.05, 3.63) is 34.5 Å². The molecule has 0 saturated heterocycles. The number of carboxylic acids is 1. The minimum Gasteiger partial charge on any atom is -0.481 e. The summed E-state index contributed by atoms with van der Waals surface area (Å²) in [5.41, 5.74) is 1.14. The van der Waals surface area contributed by atoms with Gasteiger partial charge in [-0.3, -0.25) is 18.8 Å². The Morgan fingerprint density at radius 3 is 2.84 bits per heavy atom. The Labute approximate surface area is 112 Å². The Balaban J connectivity index is 2.47. The average molecular weight is 280 g/mol. The molecule has 0 fully saturated rings. The maximum atomic E-state index is 11.3. The molecule has 0 atom stereocenters. The minimum absolute atomic E-state index is 0.157. The van der Waals surface area contributed by atoms with Gasteiger partial charge in [-0.05, 0) is 6.92 Å². The summed E-state index contributed by atoms with van der Waals surface area (Å²) in [4.78, 5) is 25.8. The van der Waals surface area contributed by atoms with Crippen LogP contribution < -0.4 is 5.56 Å². The fourth-order valence-corrected chi connectivity index (χ4v) is 2.33. The van der Waals surface area contributed by atoms with E-state index in [-0.39, 0.29) is 5.75 Å². The third-order valence-electron chi connectivity index (χ3n) is 2.35. The smallest absolute Gasteiger partial charge is 0.313 e. The van der Waals surface area contributed by atoms with Gasteiger partial charge in [-0.15, -0.1) is 0 Å². The van der Waals surface area contributed by atoms with Crippen molar-refractivity contribution in [1.29, 1.82) is 0 Å². The molecular formula is C11H12N4O3S. The van der Waals surface area contributed by atoms with E-state index in [2.05, 4.69) is 10.1 Å². The van der Waals surface area contributed by atoms with Crippen molar-refractivity contribution >= 4 is 17.7 Å². The van der Waals surface area contributed by atoms with Gasteiger partial charge in [0.15, 0.2) is 5.16 Å². The van der Waals surface area contributed by atoms with Crippen LogP contribution in [0, 0.1) is 6.92 Å². The molecule has 0 aliphatic rings. The summed E-state index contributed by atoms with van der Waals surface area (Å²) in [5.74, 6) is -1.12. The number of carboxylic acid groups (broad SMARTS) is 1. The fourth-order valence-electron chi connectivity index (χ4n) is 1.62. The molecule has 0 spiro atoms. The summed E-state index contributed by atoms with van der Waals surface area (Å²) in [6.45, 7) is 1.83. The Morgan fingerprint density at radius 1 is 1.53 bits per heavy atom. The molecule has 0 aliphatic carbocycles. The van der Waals surface area contributed by atoms with Gasteiger partial charge in [-0.1, -0.05) is 11.8 Å². The quantitative estimate of drug-likeness (QED) is 0.646. The Hall–Kier alpha value is -2.09. The maximum absolute atomic E-state index is 11.3. The number of hydrogen-bond donors (Lipinski definition) is 1. The third-order valence-corrected chi connectivity index (χ3v) is 3.29. The average Bonchev–Trinajstić information content (AvgIpc) is 2.66. The second-order valence-corrected chi connectivity index (χ2v) is 4.82. The summed E-state index contributed by atoms with van der Waals surface area (Å²) in [5, 5.41) is 13.3. The number of nitrogens with zero attached hydrogens (tertiary/aromatic N) is 4. The van der Waals surface area contributed by atoms with E-state index in [0.29, 0.717) is 5.16 Å². The van der Waals surface area contributed by atoms with Crippen molar-refractivity contribution in [2.45, 2.75) is 12.1 Å². The zero-order chi connectivity index (χ0) is 14.0. The van der Waals surface area contributed by atoms with E-state index >= 15 is 0 Å². The first-order valence-electron chi connectivity index (χ1n) is 5.42. The van der Waals surface area contributed by atoms with Gasteiger partial charge in [-0.2, -0.15) is 10.1 Å². The summed E-state index contributed by atoms with van der Waals surface area (Å²) in [7, 11) is 1.79. The molecule has 0 amide bonds. The molecule has 0 bridgehead atoms. The van der Waals surface area contributed by atoms with E-state index in [1.54, 1.807) is 28.7 Å². The largest absolute Gasteiger partial charge is 0.481 e. The molecule has 100 valence electrons. The van der Waals surface area contributed by atoms with Gasteiger partial charge in [0.2, 0.25) is 0 Å². The van der Waals surface area contributed by atoms with E-state index in [9.17, 15) is 9.59 Å². The molecule has 0 radical (unpaired) electrons. The highest BCUT2D eigenvalue weighted by Gasteiger charge is 2.12. The molecular weight excluding hydrogens is 268 g/mol. The van der Waals surface area contributed by atoms with Crippen LogP contribution in [0.2, 0.25) is 0 Å². The van der Waals surface area contributed by atoms with Gasteiger partial charge in [0.1, 0.15) is 0 Å². The monoisotopic (exact) mass is 280 g/mol. The van der Waals surface area contributed by atoms with Gasteiger partial charge >= 0.3 is 5.97 Å². The first-order valence-corrected chi connectivity index (χ1v) is 6.41. The standard InChI is InChI=1S/C11H12N4O3S/c1-7-8(5-14(2)13-7)15-4-3-9(16)12-11(15)19-6-10(17)18/h3-5H,6H2,1-2H3,(H,17,18). The van der Waals surface area contributed by atoms with Crippen LogP contribution in [0.15, 0.2) is 28.4 Å². The Bertz CT molecular complexity index is 677. The fraction of sp³-hybridized carbons (Fsp3) is 0.273. The molecule has 0 unspecified atom stereocenters. The Kier molecular flexibility index (Phi) is 3.70. The second-order valence-electron chi connectivity index (χ2n) is 3.87. The number of thioether (sulfide) groups is 1. The number of rotatable bonds is 4. The number of aromatic nitrogens is 4. The summed E-state index contributed by atoms with van der Waals surface area (Å²) in [6.07, 6.45) is 3.36. The number of hydrogen-bond acceptors (Lipinski definition) is 5. The Morgan fingerprint density at radius 2 is 2.26 bits per heavy atom. The van der Waals surface area contributed by atoms with Crippen LogP contribution in [-0.4, -0.2) is 36.2 Å².